The van der Waals surface area contributed by atoms with Gasteiger partial charge in [-0.1, -0.05) is 31.2 Å². The molecule has 0 aromatic heterocycles. The fraction of sp³-hybridized carbons (Fsp3) is 0.261. The summed E-state index contributed by atoms with van der Waals surface area (Å²) >= 11 is 0. The molecule has 1 unspecified atom stereocenters. The van der Waals surface area contributed by atoms with Crippen LogP contribution in [0.3, 0.4) is 0 Å². The summed E-state index contributed by atoms with van der Waals surface area (Å²) in [6.07, 6.45) is 0.833. The molecule has 0 radical (unpaired) electrons. The summed E-state index contributed by atoms with van der Waals surface area (Å²) in [5.41, 5.74) is 1.83. The molecule has 1 aliphatic rings. The lowest BCUT2D eigenvalue weighted by molar-refractivity contribution is -0.140. The van der Waals surface area contributed by atoms with Crippen molar-refractivity contribution >= 4 is 23.4 Å². The zero-order valence-electron chi connectivity index (χ0n) is 16.5. The Labute approximate surface area is 173 Å². The number of likely N-dealkylation sites (tertiary alicyclic amines) is 1. The zero-order valence-corrected chi connectivity index (χ0v) is 16.5. The number of ketones is 1. The van der Waals surface area contributed by atoms with Crippen molar-refractivity contribution in [1.82, 2.24) is 4.90 Å². The maximum Gasteiger partial charge on any atom is 0.303 e. The molecule has 30 heavy (non-hydrogen) atoms. The predicted molar refractivity (Wildman–Crippen MR) is 108 cm³/mol. The Bertz CT molecular complexity index is 995. The fourth-order valence-electron chi connectivity index (χ4n) is 3.56. The van der Waals surface area contributed by atoms with Gasteiger partial charge >= 0.3 is 5.97 Å². The minimum Gasteiger partial charge on any atom is -0.507 e. The number of carbonyl (C=O) groups excluding carboxylic acids is 2. The first kappa shape index (κ1) is 21.2. The number of hydrogen-bond acceptors (Lipinski definition) is 4. The number of carbonyl (C=O) groups is 3. The van der Waals surface area contributed by atoms with E-state index in [1.54, 1.807) is 12.1 Å². The van der Waals surface area contributed by atoms with Gasteiger partial charge in [0, 0.05) is 18.5 Å². The predicted octanol–water partition coefficient (Wildman–Crippen LogP) is 3.67. The number of aliphatic carboxylic acids is 1. The first-order valence-electron chi connectivity index (χ1n) is 9.68. The van der Waals surface area contributed by atoms with Gasteiger partial charge in [-0.15, -0.1) is 0 Å². The molecule has 1 heterocycles. The van der Waals surface area contributed by atoms with E-state index < -0.39 is 35.3 Å². The van der Waals surface area contributed by atoms with Crippen LogP contribution in [-0.4, -0.2) is 39.3 Å². The van der Waals surface area contributed by atoms with Crippen LogP contribution in [0.5, 0.6) is 0 Å². The summed E-state index contributed by atoms with van der Waals surface area (Å²) in [7, 11) is 0. The van der Waals surface area contributed by atoms with E-state index >= 15 is 0 Å². The van der Waals surface area contributed by atoms with Crippen LogP contribution < -0.4 is 0 Å². The third kappa shape index (κ3) is 4.25. The summed E-state index contributed by atoms with van der Waals surface area (Å²) in [6.45, 7) is 2.05. The van der Waals surface area contributed by atoms with E-state index in [0.717, 1.165) is 24.1 Å². The van der Waals surface area contributed by atoms with Crippen molar-refractivity contribution < 1.29 is 29.0 Å². The van der Waals surface area contributed by atoms with Gasteiger partial charge in [0.15, 0.2) is 0 Å². The van der Waals surface area contributed by atoms with Crippen LogP contribution in [0, 0.1) is 5.82 Å². The Morgan fingerprint density at radius 1 is 1.03 bits per heavy atom. The highest BCUT2D eigenvalue weighted by Gasteiger charge is 2.45. The molecule has 0 bridgehead atoms. The molecule has 2 N–H and O–H groups in total. The number of carboxylic acids is 1. The zero-order chi connectivity index (χ0) is 21.8. The maximum absolute atomic E-state index is 13.3. The molecule has 1 saturated heterocycles. The van der Waals surface area contributed by atoms with Crippen molar-refractivity contribution in [1.29, 1.82) is 0 Å². The number of aliphatic hydroxyl groups excluding tert-OH is 1. The SMILES string of the molecule is CCc1ccc(C2/C(=C(\O)c3ccc(F)cc3)C(=O)C(=O)N2CCCC(=O)O)cc1. The van der Waals surface area contributed by atoms with Gasteiger partial charge in [0.25, 0.3) is 11.7 Å². The molecule has 6 nitrogen and oxygen atoms in total. The van der Waals surface area contributed by atoms with Crippen LogP contribution in [0.15, 0.2) is 54.1 Å². The largest absolute Gasteiger partial charge is 0.507 e. The maximum atomic E-state index is 13.3. The first-order chi connectivity index (χ1) is 14.3. The van der Waals surface area contributed by atoms with Crippen molar-refractivity contribution in [3.8, 4) is 0 Å². The number of Topliss-reactive ketones (excluding diaryl/α,β-unsaturated/α-hetero) is 1. The lowest BCUT2D eigenvalue weighted by Crippen LogP contribution is -2.31. The van der Waals surface area contributed by atoms with Crippen LogP contribution >= 0.6 is 0 Å². The Balaban J connectivity index is 2.08. The second-order valence-electron chi connectivity index (χ2n) is 7.09. The van der Waals surface area contributed by atoms with Crippen molar-refractivity contribution in [3.63, 3.8) is 0 Å². The molecule has 7 heteroatoms. The Morgan fingerprint density at radius 2 is 1.67 bits per heavy atom. The third-order valence-corrected chi connectivity index (χ3v) is 5.15. The van der Waals surface area contributed by atoms with Gasteiger partial charge < -0.3 is 15.1 Å². The molecule has 1 aliphatic heterocycles. The number of benzene rings is 2. The normalized spacial score (nSPS) is 18.1. The molecule has 0 spiro atoms. The lowest BCUT2D eigenvalue weighted by atomic mass is 9.94. The molecule has 156 valence electrons. The minimum atomic E-state index is -0.998. The van der Waals surface area contributed by atoms with E-state index in [4.69, 9.17) is 5.11 Å². The molecular weight excluding hydrogens is 389 g/mol. The monoisotopic (exact) mass is 411 g/mol. The van der Waals surface area contributed by atoms with Gasteiger partial charge in [0.05, 0.1) is 11.6 Å². The van der Waals surface area contributed by atoms with Gasteiger partial charge in [-0.3, -0.25) is 14.4 Å². The van der Waals surface area contributed by atoms with Crippen LogP contribution in [0.2, 0.25) is 0 Å². The average molecular weight is 411 g/mol. The first-order valence-corrected chi connectivity index (χ1v) is 9.68. The van der Waals surface area contributed by atoms with Crippen LogP contribution in [0.4, 0.5) is 4.39 Å². The number of halogens is 1. The van der Waals surface area contributed by atoms with E-state index in [9.17, 15) is 23.9 Å². The standard InChI is InChI=1S/C23H22FNO5/c1-2-14-5-7-15(8-6-14)20-19(21(28)16-9-11-17(24)12-10-16)22(29)23(30)25(20)13-3-4-18(26)27/h5-12,20,28H,2-4,13H2,1H3,(H,26,27)/b21-19+. The quantitative estimate of drug-likeness (QED) is 0.412. The van der Waals surface area contributed by atoms with Gasteiger partial charge in [0.2, 0.25) is 0 Å². The second-order valence-corrected chi connectivity index (χ2v) is 7.09. The summed E-state index contributed by atoms with van der Waals surface area (Å²) in [4.78, 5) is 37.7. The molecule has 1 amide bonds. The number of carboxylic acid groups (broad SMARTS) is 1. The summed E-state index contributed by atoms with van der Waals surface area (Å²) in [5.74, 6) is -3.53. The molecule has 2 aromatic rings. The summed E-state index contributed by atoms with van der Waals surface area (Å²) in [5, 5.41) is 19.7. The van der Waals surface area contributed by atoms with Crippen LogP contribution in [-0.2, 0) is 20.8 Å². The number of amides is 1. The van der Waals surface area contributed by atoms with E-state index in [-0.39, 0.29) is 30.5 Å². The highest BCUT2D eigenvalue weighted by atomic mass is 19.1. The van der Waals surface area contributed by atoms with E-state index in [0.29, 0.717) is 5.56 Å². The average Bonchev–Trinajstić information content (AvgIpc) is 2.98. The highest BCUT2D eigenvalue weighted by Crippen LogP contribution is 2.39. The topological polar surface area (TPSA) is 94.9 Å². The Kier molecular flexibility index (Phi) is 6.30. The molecular formula is C23H22FNO5. The van der Waals surface area contributed by atoms with Gasteiger partial charge in [-0.25, -0.2) is 4.39 Å². The number of aliphatic hydroxyl groups is 1. The second kappa shape index (κ2) is 8.90. The molecule has 3 rings (SSSR count). The van der Waals surface area contributed by atoms with Gasteiger partial charge in [0.1, 0.15) is 11.6 Å². The van der Waals surface area contributed by atoms with E-state index in [1.165, 1.54) is 17.0 Å². The summed E-state index contributed by atoms with van der Waals surface area (Å²) < 4.78 is 13.3. The molecule has 0 aliphatic carbocycles. The molecule has 1 fully saturated rings. The van der Waals surface area contributed by atoms with Crippen molar-refractivity contribution in [2.45, 2.75) is 32.2 Å². The summed E-state index contributed by atoms with van der Waals surface area (Å²) in [6, 6.07) is 11.5. The smallest absolute Gasteiger partial charge is 0.303 e. The molecule has 2 aromatic carbocycles. The lowest BCUT2D eigenvalue weighted by Gasteiger charge is -2.25. The minimum absolute atomic E-state index is 0.0528. The number of nitrogens with zero attached hydrogens (tertiary/aromatic N) is 1. The van der Waals surface area contributed by atoms with E-state index in [2.05, 4.69) is 0 Å². The van der Waals surface area contributed by atoms with Gasteiger partial charge in [-0.2, -0.15) is 0 Å². The number of rotatable bonds is 7. The Hall–Kier alpha value is -3.48. The highest BCUT2D eigenvalue weighted by molar-refractivity contribution is 6.46. The van der Waals surface area contributed by atoms with Crippen LogP contribution in [0.1, 0.15) is 42.5 Å². The van der Waals surface area contributed by atoms with Crippen LogP contribution in [0.25, 0.3) is 5.76 Å². The van der Waals surface area contributed by atoms with Crippen molar-refractivity contribution in [3.05, 3.63) is 76.6 Å². The van der Waals surface area contributed by atoms with Crippen molar-refractivity contribution in [2.24, 2.45) is 0 Å². The molecule has 1 atom stereocenters. The third-order valence-electron chi connectivity index (χ3n) is 5.15. The van der Waals surface area contributed by atoms with Crippen molar-refractivity contribution in [2.75, 3.05) is 6.54 Å². The molecule has 0 saturated carbocycles. The number of hydrogen-bond donors (Lipinski definition) is 2. The van der Waals surface area contributed by atoms with Gasteiger partial charge in [-0.05, 0) is 48.2 Å². The van der Waals surface area contributed by atoms with E-state index in [1.807, 2.05) is 19.1 Å². The Morgan fingerprint density at radius 3 is 2.23 bits per heavy atom. The number of aryl methyl sites for hydroxylation is 1. The fourth-order valence-corrected chi connectivity index (χ4v) is 3.56.